The Balaban J connectivity index is 1.41. The molecule has 0 N–H and O–H groups in total. The largest absolute Gasteiger partial charge is 0.497 e. The summed E-state index contributed by atoms with van der Waals surface area (Å²) in [6, 6.07) is 10.7. The molecule has 136 valence electrons. The number of ether oxygens (including phenoxy) is 1. The molecule has 3 aliphatic rings. The Kier molecular flexibility index (Phi) is 3.83. The minimum atomic E-state index is -0.245. The van der Waals surface area contributed by atoms with Gasteiger partial charge in [-0.1, -0.05) is 12.1 Å². The highest BCUT2D eigenvalue weighted by Crippen LogP contribution is 2.56. The van der Waals surface area contributed by atoms with Crippen LogP contribution < -0.4 is 4.74 Å². The molecule has 0 unspecified atom stereocenters. The fraction of sp³-hybridized carbons (Fsp3) is 0.476. The third-order valence-corrected chi connectivity index (χ3v) is 7.26. The Morgan fingerprint density at radius 2 is 2.27 bits per heavy atom. The fourth-order valence-corrected chi connectivity index (χ4v) is 6.19. The van der Waals surface area contributed by atoms with E-state index in [0.717, 1.165) is 43.7 Å². The average Bonchev–Trinajstić information content (AvgIpc) is 3.41. The standard InChI is InChI=1S/C21H24N2O2S/c1-25-18-5-2-4-15(10-18)12-22-13-17-11-19(16-6-9-26-14-16)23-8-3-7-21(17,23)20(22)24/h2,4-6,9-10,14,17,19H,3,7-8,11-13H2,1H3/t17-,19-,21-/m0/s1. The predicted octanol–water partition coefficient (Wildman–Crippen LogP) is 3.69. The minimum Gasteiger partial charge on any atom is -0.497 e. The van der Waals surface area contributed by atoms with Crippen molar-refractivity contribution in [1.82, 2.24) is 9.80 Å². The van der Waals surface area contributed by atoms with Gasteiger partial charge in [0.05, 0.1) is 7.11 Å². The molecule has 0 bridgehead atoms. The molecule has 26 heavy (non-hydrogen) atoms. The number of rotatable bonds is 4. The summed E-state index contributed by atoms with van der Waals surface area (Å²) in [5, 5.41) is 4.42. The highest BCUT2D eigenvalue weighted by molar-refractivity contribution is 7.07. The van der Waals surface area contributed by atoms with Gasteiger partial charge in [-0.05, 0) is 65.9 Å². The molecule has 5 rings (SSSR count). The molecular weight excluding hydrogens is 344 g/mol. The Morgan fingerprint density at radius 1 is 1.35 bits per heavy atom. The molecule has 1 spiro atoms. The maximum atomic E-state index is 13.5. The Bertz CT molecular complexity index is 821. The summed E-state index contributed by atoms with van der Waals surface area (Å²) >= 11 is 1.76. The number of nitrogens with zero attached hydrogens (tertiary/aromatic N) is 2. The molecule has 3 aliphatic heterocycles. The first-order chi connectivity index (χ1) is 12.7. The molecule has 0 saturated carbocycles. The van der Waals surface area contributed by atoms with Crippen LogP contribution >= 0.6 is 11.3 Å². The van der Waals surface area contributed by atoms with Crippen molar-refractivity contribution in [3.63, 3.8) is 0 Å². The summed E-state index contributed by atoms with van der Waals surface area (Å²) in [5.74, 6) is 1.65. The molecule has 0 aliphatic carbocycles. The fourth-order valence-electron chi connectivity index (χ4n) is 5.49. The van der Waals surface area contributed by atoms with Crippen molar-refractivity contribution in [2.45, 2.75) is 37.4 Å². The van der Waals surface area contributed by atoms with Crippen molar-refractivity contribution >= 4 is 17.2 Å². The highest BCUT2D eigenvalue weighted by atomic mass is 32.1. The van der Waals surface area contributed by atoms with E-state index in [9.17, 15) is 4.79 Å². The van der Waals surface area contributed by atoms with Crippen LogP contribution in [0.2, 0.25) is 0 Å². The van der Waals surface area contributed by atoms with Crippen LogP contribution in [0.15, 0.2) is 41.1 Å². The van der Waals surface area contributed by atoms with Gasteiger partial charge in [-0.25, -0.2) is 0 Å². The van der Waals surface area contributed by atoms with Crippen LogP contribution in [-0.4, -0.2) is 41.4 Å². The van der Waals surface area contributed by atoms with Gasteiger partial charge in [-0.15, -0.1) is 0 Å². The number of carbonyl (C=O) groups is 1. The van der Waals surface area contributed by atoms with E-state index in [0.29, 0.717) is 24.4 Å². The van der Waals surface area contributed by atoms with E-state index < -0.39 is 0 Å². The van der Waals surface area contributed by atoms with E-state index in [1.54, 1.807) is 18.4 Å². The second-order valence-corrected chi connectivity index (χ2v) is 8.54. The molecule has 2 aromatic rings. The normalized spacial score (nSPS) is 30.7. The van der Waals surface area contributed by atoms with Crippen LogP contribution in [0.5, 0.6) is 5.75 Å². The van der Waals surface area contributed by atoms with Crippen LogP contribution in [-0.2, 0) is 11.3 Å². The molecular formula is C21H24N2O2S. The second-order valence-electron chi connectivity index (χ2n) is 7.76. The van der Waals surface area contributed by atoms with Crippen molar-refractivity contribution in [1.29, 1.82) is 0 Å². The topological polar surface area (TPSA) is 32.8 Å². The van der Waals surface area contributed by atoms with Crippen LogP contribution in [0.3, 0.4) is 0 Å². The zero-order chi connectivity index (χ0) is 17.7. The van der Waals surface area contributed by atoms with Crippen LogP contribution in [0, 0.1) is 5.92 Å². The number of hydrogen-bond donors (Lipinski definition) is 0. The van der Waals surface area contributed by atoms with Gasteiger partial charge in [-0.3, -0.25) is 9.69 Å². The van der Waals surface area contributed by atoms with Gasteiger partial charge in [0.25, 0.3) is 0 Å². The summed E-state index contributed by atoms with van der Waals surface area (Å²) in [6.07, 6.45) is 3.26. The van der Waals surface area contributed by atoms with E-state index in [1.807, 2.05) is 18.2 Å². The lowest BCUT2D eigenvalue weighted by Crippen LogP contribution is -2.49. The number of methoxy groups -OCH3 is 1. The van der Waals surface area contributed by atoms with Gasteiger partial charge in [0.1, 0.15) is 11.3 Å². The first kappa shape index (κ1) is 16.3. The molecule has 1 amide bonds. The Morgan fingerprint density at radius 3 is 3.08 bits per heavy atom. The Hall–Kier alpha value is -1.85. The molecule has 4 heterocycles. The molecule has 3 saturated heterocycles. The number of carbonyl (C=O) groups excluding carboxylic acids is 1. The van der Waals surface area contributed by atoms with Gasteiger partial charge >= 0.3 is 0 Å². The second kappa shape index (κ2) is 6.10. The number of thiophene rings is 1. The maximum absolute atomic E-state index is 13.5. The molecule has 1 aromatic carbocycles. The maximum Gasteiger partial charge on any atom is 0.243 e. The molecule has 3 fully saturated rings. The van der Waals surface area contributed by atoms with Crippen molar-refractivity contribution < 1.29 is 9.53 Å². The van der Waals surface area contributed by atoms with E-state index >= 15 is 0 Å². The number of likely N-dealkylation sites (tertiary alicyclic amines) is 1. The first-order valence-electron chi connectivity index (χ1n) is 9.43. The quantitative estimate of drug-likeness (QED) is 0.825. The van der Waals surface area contributed by atoms with Crippen LogP contribution in [0.4, 0.5) is 0 Å². The van der Waals surface area contributed by atoms with Crippen molar-refractivity contribution in [3.05, 3.63) is 52.2 Å². The van der Waals surface area contributed by atoms with Gasteiger partial charge in [0, 0.05) is 25.0 Å². The van der Waals surface area contributed by atoms with Crippen molar-refractivity contribution in [2.24, 2.45) is 5.92 Å². The monoisotopic (exact) mass is 368 g/mol. The SMILES string of the molecule is COc1cccc(CN2C[C@@H]3C[C@@H](c4ccsc4)N4CCC[C@@]34C2=O)c1. The lowest BCUT2D eigenvalue weighted by Gasteiger charge is -2.33. The van der Waals surface area contributed by atoms with E-state index in [1.165, 1.54) is 5.56 Å². The number of benzene rings is 1. The van der Waals surface area contributed by atoms with E-state index in [4.69, 9.17) is 4.74 Å². The lowest BCUT2D eigenvalue weighted by atomic mass is 9.85. The van der Waals surface area contributed by atoms with Crippen LogP contribution in [0.1, 0.15) is 36.4 Å². The molecule has 1 aromatic heterocycles. The van der Waals surface area contributed by atoms with Crippen LogP contribution in [0.25, 0.3) is 0 Å². The zero-order valence-corrected chi connectivity index (χ0v) is 15.9. The molecule has 4 nitrogen and oxygen atoms in total. The minimum absolute atomic E-state index is 0.245. The first-order valence-corrected chi connectivity index (χ1v) is 10.4. The smallest absolute Gasteiger partial charge is 0.243 e. The Labute approximate surface area is 158 Å². The zero-order valence-electron chi connectivity index (χ0n) is 15.1. The highest BCUT2D eigenvalue weighted by Gasteiger charge is 2.65. The van der Waals surface area contributed by atoms with E-state index in [2.05, 4.69) is 32.7 Å². The predicted molar refractivity (Wildman–Crippen MR) is 102 cm³/mol. The van der Waals surface area contributed by atoms with E-state index in [-0.39, 0.29) is 5.54 Å². The van der Waals surface area contributed by atoms with Gasteiger partial charge in [0.2, 0.25) is 5.91 Å². The summed E-state index contributed by atoms with van der Waals surface area (Å²) in [5.41, 5.74) is 2.30. The summed E-state index contributed by atoms with van der Waals surface area (Å²) in [6.45, 7) is 2.62. The number of amides is 1. The summed E-state index contributed by atoms with van der Waals surface area (Å²) in [7, 11) is 1.68. The van der Waals surface area contributed by atoms with Crippen molar-refractivity contribution in [3.8, 4) is 5.75 Å². The lowest BCUT2D eigenvalue weighted by molar-refractivity contribution is -0.137. The van der Waals surface area contributed by atoms with Gasteiger partial charge in [0.15, 0.2) is 0 Å². The van der Waals surface area contributed by atoms with Gasteiger partial charge < -0.3 is 9.64 Å². The summed E-state index contributed by atoms with van der Waals surface area (Å²) < 4.78 is 5.33. The third-order valence-electron chi connectivity index (χ3n) is 6.56. The molecule has 5 heteroatoms. The number of hydrogen-bond acceptors (Lipinski definition) is 4. The molecule has 3 atom stereocenters. The third kappa shape index (κ3) is 2.26. The molecule has 0 radical (unpaired) electrons. The average molecular weight is 369 g/mol. The summed E-state index contributed by atoms with van der Waals surface area (Å²) in [4.78, 5) is 18.1. The van der Waals surface area contributed by atoms with Crippen molar-refractivity contribution in [2.75, 3.05) is 20.2 Å². The van der Waals surface area contributed by atoms with Gasteiger partial charge in [-0.2, -0.15) is 11.3 Å².